The van der Waals surface area contributed by atoms with Crippen LogP contribution >= 0.6 is 0 Å². The Labute approximate surface area is 261 Å². The summed E-state index contributed by atoms with van der Waals surface area (Å²) in [4.78, 5) is 51.2. The molecule has 0 unspecified atom stereocenters. The standard InChI is InChI=1S/C33H38FN5O6/c1-33(2,3)45-32(42)38-14-12-23(13-15-38)39(22-7-8-22)31(41)21-18-35-29(36-19-21)20-6-10-25(26(34)16-20)30(40)37-27-11-9-24(43-4)17-28(27)44-5/h6,9-11,16-19,22-23H,7-8,12-15H2,1-5H3,(H,37,40). The van der Waals surface area contributed by atoms with Crippen LogP contribution in [0.15, 0.2) is 48.8 Å². The lowest BCUT2D eigenvalue weighted by molar-refractivity contribution is 0.0142. The second-order valence-corrected chi connectivity index (χ2v) is 12.2. The molecular formula is C33H38FN5O6. The van der Waals surface area contributed by atoms with Gasteiger partial charge in [-0.15, -0.1) is 0 Å². The van der Waals surface area contributed by atoms with Crippen LogP contribution in [0.4, 0.5) is 14.9 Å². The number of amides is 3. The number of anilines is 1. The van der Waals surface area contributed by atoms with Crippen molar-refractivity contribution in [3.05, 3.63) is 65.7 Å². The monoisotopic (exact) mass is 619 g/mol. The second kappa shape index (κ2) is 13.1. The van der Waals surface area contributed by atoms with Gasteiger partial charge in [0.1, 0.15) is 22.9 Å². The van der Waals surface area contributed by atoms with Crippen LogP contribution in [0.1, 0.15) is 67.2 Å². The molecule has 5 rings (SSSR count). The van der Waals surface area contributed by atoms with Crippen LogP contribution in [0, 0.1) is 5.82 Å². The Morgan fingerprint density at radius 1 is 0.933 bits per heavy atom. The van der Waals surface area contributed by atoms with E-state index >= 15 is 4.39 Å². The first-order valence-electron chi connectivity index (χ1n) is 14.9. The minimum Gasteiger partial charge on any atom is -0.497 e. The number of hydrogen-bond acceptors (Lipinski definition) is 8. The maximum atomic E-state index is 15.1. The number of carbonyl (C=O) groups is 3. The number of nitrogens with zero attached hydrogens (tertiary/aromatic N) is 4. The largest absolute Gasteiger partial charge is 0.497 e. The highest BCUT2D eigenvalue weighted by Gasteiger charge is 2.40. The number of nitrogens with one attached hydrogen (secondary N) is 1. The molecule has 1 N–H and O–H groups in total. The minimum atomic E-state index is -0.751. The highest BCUT2D eigenvalue weighted by atomic mass is 19.1. The second-order valence-electron chi connectivity index (χ2n) is 12.2. The molecule has 2 fully saturated rings. The summed E-state index contributed by atoms with van der Waals surface area (Å²) in [7, 11) is 2.97. The molecule has 12 heteroatoms. The third-order valence-corrected chi connectivity index (χ3v) is 7.71. The molecule has 1 aliphatic heterocycles. The van der Waals surface area contributed by atoms with E-state index < -0.39 is 17.3 Å². The molecule has 3 amide bonds. The van der Waals surface area contributed by atoms with Gasteiger partial charge in [-0.1, -0.05) is 6.07 Å². The maximum absolute atomic E-state index is 15.1. The van der Waals surface area contributed by atoms with Crippen LogP contribution in [-0.2, 0) is 4.74 Å². The van der Waals surface area contributed by atoms with Crippen molar-refractivity contribution >= 4 is 23.6 Å². The number of benzene rings is 2. The predicted octanol–water partition coefficient (Wildman–Crippen LogP) is 5.56. The van der Waals surface area contributed by atoms with Crippen molar-refractivity contribution in [2.24, 2.45) is 0 Å². The number of rotatable bonds is 8. The van der Waals surface area contributed by atoms with Crippen LogP contribution in [0.25, 0.3) is 11.4 Å². The molecule has 3 aromatic rings. The van der Waals surface area contributed by atoms with Gasteiger partial charge in [-0.2, -0.15) is 0 Å². The van der Waals surface area contributed by atoms with E-state index in [1.54, 1.807) is 29.2 Å². The highest BCUT2D eigenvalue weighted by Crippen LogP contribution is 2.34. The molecular weight excluding hydrogens is 581 g/mol. The number of methoxy groups -OCH3 is 2. The number of halogens is 1. The van der Waals surface area contributed by atoms with Crippen LogP contribution in [0.5, 0.6) is 11.5 Å². The van der Waals surface area contributed by atoms with Gasteiger partial charge in [0, 0.05) is 49.2 Å². The molecule has 1 saturated heterocycles. The van der Waals surface area contributed by atoms with Crippen molar-refractivity contribution in [3.8, 4) is 22.9 Å². The van der Waals surface area contributed by atoms with Gasteiger partial charge in [0.25, 0.3) is 11.8 Å². The average molecular weight is 620 g/mol. The number of aromatic nitrogens is 2. The lowest BCUT2D eigenvalue weighted by Gasteiger charge is -2.39. The fraction of sp³-hybridized carbons (Fsp3) is 0.424. The topological polar surface area (TPSA) is 123 Å². The molecule has 2 aromatic carbocycles. The van der Waals surface area contributed by atoms with E-state index in [0.717, 1.165) is 12.8 Å². The Morgan fingerprint density at radius 2 is 1.60 bits per heavy atom. The summed E-state index contributed by atoms with van der Waals surface area (Å²) in [6, 6.07) is 9.12. The molecule has 11 nitrogen and oxygen atoms in total. The minimum absolute atomic E-state index is 0.00553. The molecule has 0 radical (unpaired) electrons. The molecule has 2 heterocycles. The van der Waals surface area contributed by atoms with Crippen molar-refractivity contribution < 1.29 is 33.0 Å². The Hall–Kier alpha value is -4.74. The average Bonchev–Trinajstić information content (AvgIpc) is 3.86. The summed E-state index contributed by atoms with van der Waals surface area (Å²) >= 11 is 0. The van der Waals surface area contributed by atoms with Gasteiger partial charge in [-0.25, -0.2) is 19.2 Å². The summed E-state index contributed by atoms with van der Waals surface area (Å²) < 4.78 is 31.1. The molecule has 45 heavy (non-hydrogen) atoms. The van der Waals surface area contributed by atoms with E-state index in [1.807, 2.05) is 25.7 Å². The third kappa shape index (κ3) is 7.50. The van der Waals surface area contributed by atoms with Crippen molar-refractivity contribution in [2.45, 2.75) is 64.1 Å². The van der Waals surface area contributed by atoms with Gasteiger partial charge in [0.2, 0.25) is 0 Å². The summed E-state index contributed by atoms with van der Waals surface area (Å²) in [5.74, 6) is -0.423. The van der Waals surface area contributed by atoms with Crippen LogP contribution in [-0.4, -0.2) is 82.7 Å². The van der Waals surface area contributed by atoms with E-state index in [9.17, 15) is 14.4 Å². The van der Waals surface area contributed by atoms with Gasteiger partial charge in [-0.05, 0) is 70.7 Å². The molecule has 1 saturated carbocycles. The van der Waals surface area contributed by atoms with Gasteiger partial charge < -0.3 is 29.3 Å². The van der Waals surface area contributed by atoms with Gasteiger partial charge in [0.05, 0.1) is 31.0 Å². The molecule has 0 bridgehead atoms. The molecule has 0 atom stereocenters. The lowest BCUT2D eigenvalue weighted by Crippen LogP contribution is -2.50. The smallest absolute Gasteiger partial charge is 0.410 e. The lowest BCUT2D eigenvalue weighted by atomic mass is 10.0. The summed E-state index contributed by atoms with van der Waals surface area (Å²) in [6.45, 7) is 6.54. The zero-order valence-corrected chi connectivity index (χ0v) is 26.1. The molecule has 1 aromatic heterocycles. The first-order valence-corrected chi connectivity index (χ1v) is 14.9. The molecule has 1 aliphatic carbocycles. The first kappa shape index (κ1) is 31.7. The van der Waals surface area contributed by atoms with Gasteiger partial charge >= 0.3 is 6.09 Å². The normalized spacial score (nSPS) is 15.3. The molecule has 238 valence electrons. The van der Waals surface area contributed by atoms with E-state index in [0.29, 0.717) is 54.2 Å². The van der Waals surface area contributed by atoms with Crippen LogP contribution in [0.2, 0.25) is 0 Å². The maximum Gasteiger partial charge on any atom is 0.410 e. The number of ether oxygens (including phenoxy) is 3. The summed E-state index contributed by atoms with van der Waals surface area (Å²) in [6.07, 6.45) is 5.74. The molecule has 2 aliphatic rings. The Balaban J connectivity index is 1.24. The highest BCUT2D eigenvalue weighted by molar-refractivity contribution is 6.05. The van der Waals surface area contributed by atoms with Crippen LogP contribution < -0.4 is 14.8 Å². The molecule has 0 spiro atoms. The van der Waals surface area contributed by atoms with E-state index in [1.165, 1.54) is 38.7 Å². The number of carbonyl (C=O) groups excluding carboxylic acids is 3. The number of piperidine rings is 1. The summed E-state index contributed by atoms with van der Waals surface area (Å²) in [5.41, 5.74) is 0.333. The fourth-order valence-electron chi connectivity index (χ4n) is 5.30. The number of likely N-dealkylation sites (tertiary alicyclic amines) is 1. The zero-order chi connectivity index (χ0) is 32.3. The quantitative estimate of drug-likeness (QED) is 0.348. The van der Waals surface area contributed by atoms with E-state index in [4.69, 9.17) is 14.2 Å². The predicted molar refractivity (Wildman–Crippen MR) is 165 cm³/mol. The Kier molecular flexibility index (Phi) is 9.21. The summed E-state index contributed by atoms with van der Waals surface area (Å²) in [5, 5.41) is 2.66. The van der Waals surface area contributed by atoms with Gasteiger partial charge in [0.15, 0.2) is 5.82 Å². The van der Waals surface area contributed by atoms with Crippen molar-refractivity contribution in [2.75, 3.05) is 32.6 Å². The van der Waals surface area contributed by atoms with E-state index in [-0.39, 0.29) is 35.5 Å². The SMILES string of the molecule is COc1ccc(NC(=O)c2ccc(-c3ncc(C(=O)N(C4CC4)C4CCN(C(=O)OC(C)(C)C)CC4)cn3)cc2F)c(OC)c1. The Morgan fingerprint density at radius 3 is 2.18 bits per heavy atom. The Bertz CT molecular complexity index is 1560. The number of hydrogen-bond donors (Lipinski definition) is 1. The third-order valence-electron chi connectivity index (χ3n) is 7.71. The van der Waals surface area contributed by atoms with Crippen LogP contribution in [0.3, 0.4) is 0 Å². The zero-order valence-electron chi connectivity index (χ0n) is 26.1. The van der Waals surface area contributed by atoms with E-state index in [2.05, 4.69) is 15.3 Å². The fourth-order valence-corrected chi connectivity index (χ4v) is 5.30. The van der Waals surface area contributed by atoms with Crippen molar-refractivity contribution in [1.29, 1.82) is 0 Å². The van der Waals surface area contributed by atoms with Crippen molar-refractivity contribution in [3.63, 3.8) is 0 Å². The first-order chi connectivity index (χ1) is 21.5. The van der Waals surface area contributed by atoms with Gasteiger partial charge in [-0.3, -0.25) is 9.59 Å². The van der Waals surface area contributed by atoms with Crippen molar-refractivity contribution in [1.82, 2.24) is 19.8 Å².